The van der Waals surface area contributed by atoms with E-state index in [0.29, 0.717) is 12.0 Å². The van der Waals surface area contributed by atoms with E-state index in [9.17, 15) is 18.4 Å². The summed E-state index contributed by atoms with van der Waals surface area (Å²) >= 11 is 0. The number of aliphatic carboxylic acids is 1. The zero-order valence-corrected chi connectivity index (χ0v) is 10.1. The van der Waals surface area contributed by atoms with Gasteiger partial charge >= 0.3 is 5.97 Å². The van der Waals surface area contributed by atoms with E-state index in [2.05, 4.69) is 0 Å². The third kappa shape index (κ3) is 2.89. The molecule has 6 heteroatoms. The third-order valence-electron chi connectivity index (χ3n) is 3.20. The first-order chi connectivity index (χ1) is 8.99. The molecule has 0 unspecified atom stereocenters. The number of carboxylic acids is 1. The van der Waals surface area contributed by atoms with Crippen molar-refractivity contribution in [2.45, 2.75) is 31.9 Å². The van der Waals surface area contributed by atoms with Gasteiger partial charge < -0.3 is 10.0 Å². The Kier molecular flexibility index (Phi) is 3.78. The van der Waals surface area contributed by atoms with E-state index in [1.165, 1.54) is 29.2 Å². The highest BCUT2D eigenvalue weighted by atomic mass is 19.3. The van der Waals surface area contributed by atoms with Crippen molar-refractivity contribution in [3.63, 3.8) is 0 Å². The van der Waals surface area contributed by atoms with Gasteiger partial charge in [0.25, 0.3) is 6.43 Å². The fraction of sp³-hybridized carbons (Fsp3) is 0.385. The average Bonchev–Trinajstić information content (AvgIpc) is 2.72. The van der Waals surface area contributed by atoms with Crippen molar-refractivity contribution < 1.29 is 23.5 Å². The quantitative estimate of drug-likeness (QED) is 0.911. The predicted molar refractivity (Wildman–Crippen MR) is 62.6 cm³/mol. The second-order valence-corrected chi connectivity index (χ2v) is 4.46. The molecule has 1 aromatic rings. The molecule has 4 nitrogen and oxygen atoms in total. The summed E-state index contributed by atoms with van der Waals surface area (Å²) in [6.45, 7) is 0.138. The van der Waals surface area contributed by atoms with Crippen LogP contribution < -0.4 is 0 Å². The first-order valence-corrected chi connectivity index (χ1v) is 5.88. The highest BCUT2D eigenvalue weighted by Gasteiger charge is 2.35. The number of likely N-dealkylation sites (tertiary alicyclic amines) is 1. The maximum absolute atomic E-state index is 12.4. The number of amides is 1. The molecule has 0 bridgehead atoms. The number of carbonyl (C=O) groups excluding carboxylic acids is 1. The summed E-state index contributed by atoms with van der Waals surface area (Å²) in [7, 11) is 0. The molecule has 1 saturated heterocycles. The Morgan fingerprint density at radius 2 is 2.00 bits per heavy atom. The summed E-state index contributed by atoms with van der Waals surface area (Å²) in [6.07, 6.45) is -2.02. The van der Waals surface area contributed by atoms with E-state index in [1.807, 2.05) is 0 Å². The summed E-state index contributed by atoms with van der Waals surface area (Å²) in [4.78, 5) is 23.9. The largest absolute Gasteiger partial charge is 0.480 e. The van der Waals surface area contributed by atoms with E-state index < -0.39 is 18.4 Å². The van der Waals surface area contributed by atoms with Crippen molar-refractivity contribution in [1.29, 1.82) is 0 Å². The molecular weight excluding hydrogens is 256 g/mol. The van der Waals surface area contributed by atoms with Gasteiger partial charge in [-0.25, -0.2) is 13.6 Å². The highest BCUT2D eigenvalue weighted by Crippen LogP contribution is 2.23. The lowest BCUT2D eigenvalue weighted by Crippen LogP contribution is -2.37. The normalized spacial score (nSPS) is 19.2. The van der Waals surface area contributed by atoms with E-state index in [1.54, 1.807) is 0 Å². The van der Waals surface area contributed by atoms with Crippen LogP contribution in [0.15, 0.2) is 24.3 Å². The van der Waals surface area contributed by atoms with Crippen molar-refractivity contribution in [1.82, 2.24) is 4.90 Å². The van der Waals surface area contributed by atoms with Crippen LogP contribution in [0.5, 0.6) is 0 Å². The Hall–Kier alpha value is -1.98. The molecule has 0 spiro atoms. The molecule has 102 valence electrons. The topological polar surface area (TPSA) is 57.6 Å². The van der Waals surface area contributed by atoms with Crippen molar-refractivity contribution in [3.05, 3.63) is 35.4 Å². The molecule has 0 aromatic heterocycles. The monoisotopic (exact) mass is 269 g/mol. The summed E-state index contributed by atoms with van der Waals surface area (Å²) in [6, 6.07) is 4.74. The summed E-state index contributed by atoms with van der Waals surface area (Å²) in [5.41, 5.74) is 0.553. The first-order valence-electron chi connectivity index (χ1n) is 5.88. The average molecular weight is 269 g/mol. The Balaban J connectivity index is 2.11. The van der Waals surface area contributed by atoms with Crippen molar-refractivity contribution in [2.24, 2.45) is 0 Å². The van der Waals surface area contributed by atoms with Gasteiger partial charge in [0.15, 0.2) is 0 Å². The number of rotatable bonds is 4. The minimum Gasteiger partial charge on any atom is -0.480 e. The van der Waals surface area contributed by atoms with Crippen molar-refractivity contribution >= 4 is 11.9 Å². The molecule has 2 rings (SSSR count). The number of benzene rings is 1. The van der Waals surface area contributed by atoms with Crippen molar-refractivity contribution in [3.8, 4) is 0 Å². The second kappa shape index (κ2) is 5.34. The van der Waals surface area contributed by atoms with E-state index in [0.717, 1.165) is 0 Å². The third-order valence-corrected chi connectivity index (χ3v) is 3.20. The number of nitrogens with zero attached hydrogens (tertiary/aromatic N) is 1. The van der Waals surface area contributed by atoms with Crippen LogP contribution in [0.2, 0.25) is 0 Å². The number of carboxylic acid groups (broad SMARTS) is 1. The van der Waals surface area contributed by atoms with Gasteiger partial charge in [-0.2, -0.15) is 0 Å². The van der Waals surface area contributed by atoms with Crippen LogP contribution in [0.3, 0.4) is 0 Å². The van der Waals surface area contributed by atoms with Gasteiger partial charge in [0.05, 0.1) is 0 Å². The Bertz CT molecular complexity index is 487. The molecular formula is C13H13F2NO3. The van der Waals surface area contributed by atoms with Gasteiger partial charge in [0.1, 0.15) is 6.04 Å². The maximum atomic E-state index is 12.4. The minimum atomic E-state index is -2.53. The van der Waals surface area contributed by atoms with Crippen LogP contribution in [0.25, 0.3) is 0 Å². The van der Waals surface area contributed by atoms with E-state index >= 15 is 0 Å². The standard InChI is InChI=1S/C13H13F2NO3/c14-12(15)9-3-1-8(2-4-9)7-16-10(13(18)19)5-6-11(16)17/h1-4,10,12H,5-7H2,(H,18,19)/t10-/m1/s1. The fourth-order valence-electron chi connectivity index (χ4n) is 2.15. The molecule has 0 saturated carbocycles. The lowest BCUT2D eigenvalue weighted by molar-refractivity contribution is -0.146. The molecule has 1 aliphatic rings. The number of halogens is 2. The van der Waals surface area contributed by atoms with Crippen LogP contribution in [0, 0.1) is 0 Å². The molecule has 1 heterocycles. The molecule has 0 aliphatic carbocycles. The fourth-order valence-corrected chi connectivity index (χ4v) is 2.15. The van der Waals surface area contributed by atoms with Crippen LogP contribution in [-0.4, -0.2) is 27.9 Å². The summed E-state index contributed by atoms with van der Waals surface area (Å²) < 4.78 is 24.8. The number of hydrogen-bond donors (Lipinski definition) is 1. The molecule has 1 aromatic carbocycles. The van der Waals surface area contributed by atoms with E-state index in [-0.39, 0.29) is 24.4 Å². The molecule has 1 atom stereocenters. The smallest absolute Gasteiger partial charge is 0.326 e. The molecule has 0 radical (unpaired) electrons. The van der Waals surface area contributed by atoms with Gasteiger partial charge in [-0.05, 0) is 12.0 Å². The van der Waals surface area contributed by atoms with Gasteiger partial charge in [0, 0.05) is 18.5 Å². The maximum Gasteiger partial charge on any atom is 0.326 e. The van der Waals surface area contributed by atoms with Gasteiger partial charge in [-0.3, -0.25) is 4.79 Å². The van der Waals surface area contributed by atoms with Crippen LogP contribution in [-0.2, 0) is 16.1 Å². The van der Waals surface area contributed by atoms with E-state index in [4.69, 9.17) is 5.11 Å². The zero-order valence-electron chi connectivity index (χ0n) is 10.1. The van der Waals surface area contributed by atoms with Crippen molar-refractivity contribution in [2.75, 3.05) is 0 Å². The predicted octanol–water partition coefficient (Wildman–Crippen LogP) is 2.20. The Morgan fingerprint density at radius 1 is 1.37 bits per heavy atom. The molecule has 1 amide bonds. The summed E-state index contributed by atoms with van der Waals surface area (Å²) in [5, 5.41) is 9.00. The number of hydrogen-bond acceptors (Lipinski definition) is 2. The second-order valence-electron chi connectivity index (χ2n) is 4.46. The lowest BCUT2D eigenvalue weighted by Gasteiger charge is -2.21. The minimum absolute atomic E-state index is 0.0914. The lowest BCUT2D eigenvalue weighted by atomic mass is 10.1. The number of alkyl halides is 2. The Morgan fingerprint density at radius 3 is 2.53 bits per heavy atom. The molecule has 19 heavy (non-hydrogen) atoms. The highest BCUT2D eigenvalue weighted by molar-refractivity contribution is 5.87. The van der Waals surface area contributed by atoms with Crippen LogP contribution in [0.4, 0.5) is 8.78 Å². The SMILES string of the molecule is O=C(O)[C@H]1CCC(=O)N1Cc1ccc(C(F)F)cc1. The summed E-state index contributed by atoms with van der Waals surface area (Å²) in [5.74, 6) is -1.25. The molecule has 1 aliphatic heterocycles. The first kappa shape index (κ1) is 13.5. The van der Waals surface area contributed by atoms with Gasteiger partial charge in [-0.15, -0.1) is 0 Å². The number of carbonyl (C=O) groups is 2. The van der Waals surface area contributed by atoms with Crippen LogP contribution in [0.1, 0.15) is 30.4 Å². The Labute approximate surface area is 108 Å². The van der Waals surface area contributed by atoms with Gasteiger partial charge in [-0.1, -0.05) is 24.3 Å². The molecule has 1 N–H and O–H groups in total. The zero-order chi connectivity index (χ0) is 14.0. The van der Waals surface area contributed by atoms with Gasteiger partial charge in [0.2, 0.25) is 5.91 Å². The van der Waals surface area contributed by atoms with Crippen LogP contribution >= 0.6 is 0 Å². The molecule has 1 fully saturated rings.